The lowest BCUT2D eigenvalue weighted by Crippen LogP contribution is -2.01. The van der Waals surface area contributed by atoms with E-state index in [1.165, 1.54) is 0 Å². The molecule has 0 amide bonds. The molecule has 0 unspecified atom stereocenters. The highest BCUT2D eigenvalue weighted by atomic mass is 16.1. The summed E-state index contributed by atoms with van der Waals surface area (Å²) in [5.41, 5.74) is 3.05. The van der Waals surface area contributed by atoms with Gasteiger partial charge >= 0.3 is 0 Å². The van der Waals surface area contributed by atoms with E-state index in [2.05, 4.69) is 4.98 Å². The van der Waals surface area contributed by atoms with Gasteiger partial charge in [-0.3, -0.25) is 9.78 Å². The molecule has 0 aliphatic heterocycles. The summed E-state index contributed by atoms with van der Waals surface area (Å²) in [6, 6.07) is 3.95. The number of aryl methyl sites for hydroxylation is 2. The van der Waals surface area contributed by atoms with Crippen LogP contribution in [0.5, 0.6) is 0 Å². The molecule has 0 N–H and O–H groups in total. The van der Waals surface area contributed by atoms with Crippen molar-refractivity contribution in [3.63, 3.8) is 0 Å². The zero-order valence-electron chi connectivity index (χ0n) is 8.42. The van der Waals surface area contributed by atoms with Crippen molar-refractivity contribution in [3.8, 4) is 0 Å². The van der Waals surface area contributed by atoms with Crippen LogP contribution in [-0.4, -0.2) is 10.8 Å². The van der Waals surface area contributed by atoms with Crippen LogP contribution in [0.15, 0.2) is 12.1 Å². The fraction of sp³-hybridized carbons (Fsp3) is 0.455. The van der Waals surface area contributed by atoms with E-state index in [0.29, 0.717) is 12.8 Å². The molecular weight excluding hydrogens is 162 g/mol. The normalized spacial score (nSPS) is 10.1. The smallest absolute Gasteiger partial charge is 0.136 e. The van der Waals surface area contributed by atoms with Gasteiger partial charge in [0.05, 0.1) is 0 Å². The molecule has 1 aromatic rings. The van der Waals surface area contributed by atoms with Gasteiger partial charge in [-0.25, -0.2) is 0 Å². The summed E-state index contributed by atoms with van der Waals surface area (Å²) in [7, 11) is 0. The lowest BCUT2D eigenvalue weighted by Gasteiger charge is -2.02. The van der Waals surface area contributed by atoms with E-state index in [1.54, 1.807) is 0 Å². The number of carbonyl (C=O) groups excluding carboxylic acids is 1. The minimum Gasteiger partial charge on any atom is -0.299 e. The largest absolute Gasteiger partial charge is 0.299 e. The molecule has 0 aromatic carbocycles. The van der Waals surface area contributed by atoms with E-state index in [4.69, 9.17) is 0 Å². The van der Waals surface area contributed by atoms with Gasteiger partial charge in [-0.15, -0.1) is 0 Å². The predicted molar refractivity (Wildman–Crippen MR) is 52.7 cm³/mol. The Hall–Kier alpha value is -1.18. The number of carbonyl (C=O) groups is 1. The van der Waals surface area contributed by atoms with Gasteiger partial charge < -0.3 is 0 Å². The van der Waals surface area contributed by atoms with Crippen molar-refractivity contribution >= 4 is 5.78 Å². The molecule has 0 radical (unpaired) electrons. The number of Topliss-reactive ketones (excluding diaryl/α,β-unsaturated/α-hetero) is 1. The molecule has 0 fully saturated rings. The Labute approximate surface area is 79.0 Å². The third-order valence-corrected chi connectivity index (χ3v) is 1.94. The topological polar surface area (TPSA) is 30.0 Å². The molecule has 0 aliphatic carbocycles. The minimum absolute atomic E-state index is 0.282. The second-order valence-corrected chi connectivity index (χ2v) is 3.33. The van der Waals surface area contributed by atoms with Gasteiger partial charge in [-0.05, 0) is 31.5 Å². The standard InChI is InChI=1S/C11H15NO/c1-4-11(13)7-10-5-8(2)12-9(3)6-10/h5-6H,4,7H2,1-3H3. The fourth-order valence-electron chi connectivity index (χ4n) is 1.38. The molecule has 70 valence electrons. The van der Waals surface area contributed by atoms with Crippen molar-refractivity contribution in [1.29, 1.82) is 0 Å². The maximum atomic E-state index is 11.2. The van der Waals surface area contributed by atoms with Crippen molar-refractivity contribution in [3.05, 3.63) is 29.1 Å². The number of aromatic nitrogens is 1. The van der Waals surface area contributed by atoms with E-state index >= 15 is 0 Å². The summed E-state index contributed by atoms with van der Waals surface area (Å²) in [6.07, 6.45) is 1.15. The van der Waals surface area contributed by atoms with Crippen molar-refractivity contribution in [2.75, 3.05) is 0 Å². The Bertz CT molecular complexity index is 298. The van der Waals surface area contributed by atoms with Crippen LogP contribution in [0.3, 0.4) is 0 Å². The molecule has 2 heteroatoms. The summed E-state index contributed by atoms with van der Waals surface area (Å²) < 4.78 is 0. The first kappa shape index (κ1) is 9.90. The Balaban J connectivity index is 2.83. The zero-order valence-corrected chi connectivity index (χ0v) is 8.42. The van der Waals surface area contributed by atoms with E-state index in [-0.39, 0.29) is 5.78 Å². The molecule has 13 heavy (non-hydrogen) atoms. The van der Waals surface area contributed by atoms with Gasteiger partial charge in [0.1, 0.15) is 5.78 Å². The Morgan fingerprint density at radius 3 is 2.31 bits per heavy atom. The van der Waals surface area contributed by atoms with Gasteiger partial charge in [-0.2, -0.15) is 0 Å². The second-order valence-electron chi connectivity index (χ2n) is 3.33. The second kappa shape index (κ2) is 4.17. The molecule has 2 nitrogen and oxygen atoms in total. The molecule has 1 rings (SSSR count). The third kappa shape index (κ3) is 2.98. The monoisotopic (exact) mass is 177 g/mol. The first-order valence-electron chi connectivity index (χ1n) is 4.57. The first-order valence-corrected chi connectivity index (χ1v) is 4.57. The predicted octanol–water partition coefficient (Wildman–Crippen LogP) is 2.22. The van der Waals surface area contributed by atoms with Crippen LogP contribution in [0.2, 0.25) is 0 Å². The highest BCUT2D eigenvalue weighted by Gasteiger charge is 2.02. The fourth-order valence-corrected chi connectivity index (χ4v) is 1.38. The molecule has 1 aromatic heterocycles. The van der Waals surface area contributed by atoms with Crippen LogP contribution in [0.1, 0.15) is 30.3 Å². The van der Waals surface area contributed by atoms with Gasteiger partial charge in [-0.1, -0.05) is 6.92 Å². The molecule has 0 aliphatic rings. The highest BCUT2D eigenvalue weighted by Crippen LogP contribution is 2.06. The minimum atomic E-state index is 0.282. The maximum Gasteiger partial charge on any atom is 0.136 e. The molecule has 0 saturated carbocycles. The van der Waals surface area contributed by atoms with E-state index < -0.39 is 0 Å². The third-order valence-electron chi connectivity index (χ3n) is 1.94. The van der Waals surface area contributed by atoms with Crippen LogP contribution < -0.4 is 0 Å². The van der Waals surface area contributed by atoms with Crippen molar-refractivity contribution in [1.82, 2.24) is 4.98 Å². The summed E-state index contributed by atoms with van der Waals surface area (Å²) in [4.78, 5) is 15.4. The van der Waals surface area contributed by atoms with Crippen molar-refractivity contribution in [2.24, 2.45) is 0 Å². The molecule has 0 bridgehead atoms. The Morgan fingerprint density at radius 1 is 1.31 bits per heavy atom. The van der Waals surface area contributed by atoms with Crippen LogP contribution in [-0.2, 0) is 11.2 Å². The summed E-state index contributed by atoms with van der Waals surface area (Å²) in [6.45, 7) is 5.79. The van der Waals surface area contributed by atoms with E-state index in [9.17, 15) is 4.79 Å². The molecule has 0 spiro atoms. The van der Waals surface area contributed by atoms with E-state index in [1.807, 2.05) is 32.9 Å². The molecule has 1 heterocycles. The van der Waals surface area contributed by atoms with Gasteiger partial charge in [0.15, 0.2) is 0 Å². The van der Waals surface area contributed by atoms with Gasteiger partial charge in [0.2, 0.25) is 0 Å². The van der Waals surface area contributed by atoms with Crippen LogP contribution >= 0.6 is 0 Å². The van der Waals surface area contributed by atoms with Crippen molar-refractivity contribution < 1.29 is 4.79 Å². The Kier molecular flexibility index (Phi) is 3.18. The van der Waals surface area contributed by atoms with Crippen LogP contribution in [0, 0.1) is 13.8 Å². The SMILES string of the molecule is CCC(=O)Cc1cc(C)nc(C)c1. The number of hydrogen-bond donors (Lipinski definition) is 0. The van der Waals surface area contributed by atoms with Crippen molar-refractivity contribution in [2.45, 2.75) is 33.6 Å². The number of nitrogens with zero attached hydrogens (tertiary/aromatic N) is 1. The molecular formula is C11H15NO. The average molecular weight is 177 g/mol. The Morgan fingerprint density at radius 2 is 1.85 bits per heavy atom. The van der Waals surface area contributed by atoms with Gasteiger partial charge in [0.25, 0.3) is 0 Å². The molecule has 0 atom stereocenters. The number of rotatable bonds is 3. The summed E-state index contributed by atoms with van der Waals surface area (Å²) >= 11 is 0. The van der Waals surface area contributed by atoms with Gasteiger partial charge in [0, 0.05) is 24.2 Å². The zero-order chi connectivity index (χ0) is 9.84. The van der Waals surface area contributed by atoms with Crippen LogP contribution in [0.25, 0.3) is 0 Å². The van der Waals surface area contributed by atoms with E-state index in [0.717, 1.165) is 17.0 Å². The maximum absolute atomic E-state index is 11.2. The number of pyridine rings is 1. The lowest BCUT2D eigenvalue weighted by atomic mass is 10.1. The highest BCUT2D eigenvalue weighted by molar-refractivity contribution is 5.80. The average Bonchev–Trinajstić information content (AvgIpc) is 2.02. The molecule has 0 saturated heterocycles. The quantitative estimate of drug-likeness (QED) is 0.708. The summed E-state index contributed by atoms with van der Waals surface area (Å²) in [5, 5.41) is 0. The summed E-state index contributed by atoms with van der Waals surface area (Å²) in [5.74, 6) is 0.282. The number of hydrogen-bond acceptors (Lipinski definition) is 2. The van der Waals surface area contributed by atoms with Crippen LogP contribution in [0.4, 0.5) is 0 Å². The lowest BCUT2D eigenvalue weighted by molar-refractivity contribution is -0.118. The first-order chi connectivity index (χ1) is 6.11. The number of ketones is 1.